The third-order valence-corrected chi connectivity index (χ3v) is 6.02. The Kier molecular flexibility index (Phi) is 4.32. The molecule has 5 heteroatoms. The van der Waals surface area contributed by atoms with Crippen LogP contribution in [0.2, 0.25) is 0 Å². The lowest BCUT2D eigenvalue weighted by Crippen LogP contribution is -2.39. The van der Waals surface area contributed by atoms with Crippen LogP contribution in [0.1, 0.15) is 53.5 Å². The third kappa shape index (κ3) is 2.87. The molecule has 1 aliphatic rings. The molecule has 0 aliphatic carbocycles. The van der Waals surface area contributed by atoms with E-state index in [0.29, 0.717) is 0 Å². The van der Waals surface area contributed by atoms with E-state index in [1.807, 2.05) is 6.07 Å². The maximum Gasteiger partial charge on any atom is 0.210 e. The van der Waals surface area contributed by atoms with Gasteiger partial charge < -0.3 is 4.55 Å². The first kappa shape index (κ1) is 19.1. The summed E-state index contributed by atoms with van der Waals surface area (Å²) in [6.07, 6.45) is 1.04. The first-order chi connectivity index (χ1) is 11.9. The molecule has 26 heavy (non-hydrogen) atoms. The van der Waals surface area contributed by atoms with E-state index in [4.69, 9.17) is 0 Å². The van der Waals surface area contributed by atoms with Crippen molar-refractivity contribution in [1.29, 1.82) is 0 Å². The minimum absolute atomic E-state index is 0.00229. The van der Waals surface area contributed by atoms with E-state index in [9.17, 15) is 13.0 Å². The van der Waals surface area contributed by atoms with Crippen LogP contribution in [0.25, 0.3) is 10.8 Å². The van der Waals surface area contributed by atoms with Gasteiger partial charge in [0.15, 0.2) is 5.71 Å². The third-order valence-electron chi connectivity index (χ3n) is 5.19. The highest BCUT2D eigenvalue weighted by molar-refractivity contribution is 7.85. The van der Waals surface area contributed by atoms with Crippen LogP contribution in [-0.2, 0) is 15.5 Å². The molecule has 1 heterocycles. The van der Waals surface area contributed by atoms with E-state index < -0.39 is 10.1 Å². The number of fused-ring (bicyclic) bond motifs is 3. The lowest BCUT2D eigenvalue weighted by Gasteiger charge is -2.27. The fraction of sp³-hybridized carbons (Fsp3) is 0.476. The van der Waals surface area contributed by atoms with Crippen molar-refractivity contribution < 1.29 is 17.5 Å². The predicted octanol–water partition coefficient (Wildman–Crippen LogP) is 4.58. The minimum Gasteiger partial charge on any atom is -0.744 e. The zero-order valence-corrected chi connectivity index (χ0v) is 17.2. The standard InChI is InChI=1S/C21H27NO3S/c1-7-12-22-17-11-8-14-13-15(26(23,24)25)9-10-16(14)18(17)21(5,6)19(22)20(2,3)4/h8-11,13H,7,12H2,1-6H3. The largest absolute Gasteiger partial charge is 0.744 e. The molecule has 0 fully saturated rings. The molecular formula is C21H27NO3S. The summed E-state index contributed by atoms with van der Waals surface area (Å²) < 4.78 is 36.6. The Balaban J connectivity index is 2.35. The Hall–Kier alpha value is -1.72. The maximum atomic E-state index is 11.4. The zero-order chi connectivity index (χ0) is 19.5. The smallest absolute Gasteiger partial charge is 0.210 e. The summed E-state index contributed by atoms with van der Waals surface area (Å²) in [4.78, 5) is -0.175. The number of hydrogen-bond donors (Lipinski definition) is 0. The lowest BCUT2D eigenvalue weighted by atomic mass is 9.70. The Labute approximate surface area is 156 Å². The van der Waals surface area contributed by atoms with Crippen molar-refractivity contribution in [2.45, 2.75) is 58.3 Å². The van der Waals surface area contributed by atoms with Crippen LogP contribution in [0.5, 0.6) is 0 Å². The minimum atomic E-state index is -4.46. The first-order valence-electron chi connectivity index (χ1n) is 9.07. The lowest BCUT2D eigenvalue weighted by molar-refractivity contribution is -0.442. The Morgan fingerprint density at radius 1 is 1.12 bits per heavy atom. The van der Waals surface area contributed by atoms with Gasteiger partial charge in [-0.05, 0) is 42.8 Å². The summed E-state index contributed by atoms with van der Waals surface area (Å²) in [5, 5.41) is 1.81. The van der Waals surface area contributed by atoms with Crippen molar-refractivity contribution in [3.8, 4) is 0 Å². The molecule has 3 rings (SSSR count). The van der Waals surface area contributed by atoms with Gasteiger partial charge in [0.2, 0.25) is 5.69 Å². The number of benzene rings is 2. The van der Waals surface area contributed by atoms with Crippen molar-refractivity contribution in [3.05, 3.63) is 35.9 Å². The number of rotatable bonds is 3. The van der Waals surface area contributed by atoms with Crippen molar-refractivity contribution in [1.82, 2.24) is 0 Å². The van der Waals surface area contributed by atoms with Crippen molar-refractivity contribution in [2.24, 2.45) is 5.41 Å². The van der Waals surface area contributed by atoms with Crippen LogP contribution >= 0.6 is 0 Å². The van der Waals surface area contributed by atoms with Crippen LogP contribution in [-0.4, -0.2) is 29.8 Å². The van der Waals surface area contributed by atoms with E-state index in [1.165, 1.54) is 29.1 Å². The molecule has 0 spiro atoms. The molecule has 0 atom stereocenters. The Morgan fingerprint density at radius 3 is 2.31 bits per heavy atom. The molecule has 0 amide bonds. The van der Waals surface area contributed by atoms with E-state index in [2.05, 4.69) is 52.2 Å². The second kappa shape index (κ2) is 5.89. The monoisotopic (exact) mass is 373 g/mol. The summed E-state index contributed by atoms with van der Waals surface area (Å²) in [7, 11) is -4.46. The van der Waals surface area contributed by atoms with E-state index in [1.54, 1.807) is 6.07 Å². The topological polar surface area (TPSA) is 60.2 Å². The molecule has 0 saturated carbocycles. The molecule has 0 radical (unpaired) electrons. The van der Waals surface area contributed by atoms with Gasteiger partial charge in [-0.1, -0.05) is 33.8 Å². The van der Waals surface area contributed by atoms with Gasteiger partial charge in [0.25, 0.3) is 0 Å². The van der Waals surface area contributed by atoms with Gasteiger partial charge in [-0.3, -0.25) is 0 Å². The van der Waals surface area contributed by atoms with Gasteiger partial charge >= 0.3 is 0 Å². The average Bonchev–Trinajstić information content (AvgIpc) is 2.73. The summed E-state index contributed by atoms with van der Waals surface area (Å²) in [6, 6.07) is 8.70. The highest BCUT2D eigenvalue weighted by Crippen LogP contribution is 2.48. The summed E-state index contributed by atoms with van der Waals surface area (Å²) >= 11 is 0. The second-order valence-corrected chi connectivity index (χ2v) is 10.1. The molecule has 0 N–H and O–H groups in total. The quantitative estimate of drug-likeness (QED) is 0.584. The van der Waals surface area contributed by atoms with Crippen molar-refractivity contribution in [2.75, 3.05) is 6.54 Å². The molecule has 0 saturated heterocycles. The highest BCUT2D eigenvalue weighted by Gasteiger charge is 2.51. The normalized spacial score (nSPS) is 17.0. The summed E-state index contributed by atoms with van der Waals surface area (Å²) in [6.45, 7) is 14.3. The fourth-order valence-electron chi connectivity index (χ4n) is 4.71. The molecule has 140 valence electrons. The van der Waals surface area contributed by atoms with Gasteiger partial charge in [0.1, 0.15) is 16.7 Å². The first-order valence-corrected chi connectivity index (χ1v) is 10.5. The van der Waals surface area contributed by atoms with E-state index in [0.717, 1.165) is 23.7 Å². The maximum absolute atomic E-state index is 11.4. The van der Waals surface area contributed by atoms with Crippen molar-refractivity contribution >= 4 is 32.3 Å². The van der Waals surface area contributed by atoms with E-state index >= 15 is 0 Å². The SMILES string of the molecule is CCC[N+]1=C(C(C)(C)C)C(C)(C)c2c1ccc1cc(S(=O)(=O)[O-])ccc21. The Morgan fingerprint density at radius 2 is 1.77 bits per heavy atom. The number of nitrogens with zero attached hydrogens (tertiary/aromatic N) is 1. The van der Waals surface area contributed by atoms with Crippen LogP contribution in [0.3, 0.4) is 0 Å². The van der Waals surface area contributed by atoms with Crippen LogP contribution in [0.15, 0.2) is 35.2 Å². The van der Waals surface area contributed by atoms with Crippen LogP contribution in [0, 0.1) is 5.41 Å². The second-order valence-electron chi connectivity index (χ2n) is 8.67. The zero-order valence-electron chi connectivity index (χ0n) is 16.4. The molecule has 0 bridgehead atoms. The average molecular weight is 374 g/mol. The Bertz CT molecular complexity index is 1030. The van der Waals surface area contributed by atoms with Gasteiger partial charge in [-0.2, -0.15) is 4.58 Å². The van der Waals surface area contributed by atoms with Gasteiger partial charge in [0.05, 0.1) is 10.3 Å². The molecule has 4 nitrogen and oxygen atoms in total. The van der Waals surface area contributed by atoms with Crippen LogP contribution in [0.4, 0.5) is 5.69 Å². The predicted molar refractivity (Wildman–Crippen MR) is 104 cm³/mol. The van der Waals surface area contributed by atoms with E-state index in [-0.39, 0.29) is 15.7 Å². The molecule has 0 aromatic heterocycles. The molecule has 2 aromatic carbocycles. The van der Waals surface area contributed by atoms with Gasteiger partial charge in [-0.15, -0.1) is 0 Å². The molecular weight excluding hydrogens is 346 g/mol. The molecule has 1 aliphatic heterocycles. The van der Waals surface area contributed by atoms with Crippen molar-refractivity contribution in [3.63, 3.8) is 0 Å². The van der Waals surface area contributed by atoms with Crippen LogP contribution < -0.4 is 0 Å². The molecule has 2 aromatic rings. The fourth-order valence-corrected chi connectivity index (χ4v) is 5.21. The number of hydrogen-bond acceptors (Lipinski definition) is 3. The van der Waals surface area contributed by atoms with Gasteiger partial charge in [0, 0.05) is 23.5 Å². The summed E-state index contributed by atoms with van der Waals surface area (Å²) in [5.74, 6) is 0. The van der Waals surface area contributed by atoms with Gasteiger partial charge in [-0.25, -0.2) is 8.42 Å². The molecule has 0 unspecified atom stereocenters. The highest BCUT2D eigenvalue weighted by atomic mass is 32.2. The summed E-state index contributed by atoms with van der Waals surface area (Å²) in [5.41, 5.74) is 3.59.